The van der Waals surface area contributed by atoms with Gasteiger partial charge in [-0.1, -0.05) is 36.4 Å². The predicted molar refractivity (Wildman–Crippen MR) is 98.4 cm³/mol. The van der Waals surface area contributed by atoms with Crippen molar-refractivity contribution in [2.24, 2.45) is 5.10 Å². The number of nitrogens with zero attached hydrogens (tertiary/aromatic N) is 2. The molecule has 0 saturated carbocycles. The third-order valence-electron chi connectivity index (χ3n) is 3.30. The number of carbonyl (C=O) groups excluding carboxylic acids is 1. The van der Waals surface area contributed by atoms with E-state index < -0.39 is 4.92 Å². The minimum atomic E-state index is -0.451. The number of hydrogen-bond acceptors (Lipinski definition) is 5. The maximum atomic E-state index is 11.7. The molecule has 0 aromatic heterocycles. The summed E-state index contributed by atoms with van der Waals surface area (Å²) in [5.41, 5.74) is 5.04. The predicted octanol–water partition coefficient (Wildman–Crippen LogP) is 3.13. The Kier molecular flexibility index (Phi) is 6.41. The molecular formula is C18H18N4O3. The van der Waals surface area contributed by atoms with Gasteiger partial charge in [-0.25, -0.2) is 5.43 Å². The average Bonchev–Trinajstić information content (AvgIpc) is 2.61. The fourth-order valence-corrected chi connectivity index (χ4v) is 2.03. The Morgan fingerprint density at radius 1 is 1.24 bits per heavy atom. The lowest BCUT2D eigenvalue weighted by Gasteiger charge is -2.07. The standard InChI is InChI=1S/C18H18N4O3/c1-14-6-2-3-10-17(14)19-13-18(23)21-20-11-5-8-15-7-4-9-16(12-15)22(24)25/h2-12,19H,13H2,1H3,(H,21,23). The molecule has 0 bridgehead atoms. The van der Waals surface area contributed by atoms with Crippen molar-refractivity contribution in [1.82, 2.24) is 5.43 Å². The molecule has 0 aliphatic heterocycles. The highest BCUT2D eigenvalue weighted by atomic mass is 16.6. The molecule has 0 aliphatic rings. The number of nitrogens with one attached hydrogen (secondary N) is 2. The smallest absolute Gasteiger partial charge is 0.270 e. The van der Waals surface area contributed by atoms with Gasteiger partial charge in [0.2, 0.25) is 0 Å². The summed E-state index contributed by atoms with van der Waals surface area (Å²) in [4.78, 5) is 21.9. The van der Waals surface area contributed by atoms with Gasteiger partial charge in [0.05, 0.1) is 11.5 Å². The van der Waals surface area contributed by atoms with Crippen LogP contribution < -0.4 is 10.7 Å². The van der Waals surface area contributed by atoms with Gasteiger partial charge in [-0.15, -0.1) is 0 Å². The molecule has 1 amide bonds. The van der Waals surface area contributed by atoms with E-state index in [4.69, 9.17) is 0 Å². The summed E-state index contributed by atoms with van der Waals surface area (Å²) in [6, 6.07) is 13.9. The molecule has 128 valence electrons. The number of non-ortho nitro benzene ring substituents is 1. The van der Waals surface area contributed by atoms with Gasteiger partial charge >= 0.3 is 0 Å². The Labute approximate surface area is 145 Å². The van der Waals surface area contributed by atoms with Crippen LogP contribution in [-0.2, 0) is 4.79 Å². The second-order valence-electron chi connectivity index (χ2n) is 5.19. The van der Waals surface area contributed by atoms with Crippen LogP contribution >= 0.6 is 0 Å². The largest absolute Gasteiger partial charge is 0.376 e. The Morgan fingerprint density at radius 3 is 2.80 bits per heavy atom. The number of hydrazone groups is 1. The van der Waals surface area contributed by atoms with Crippen molar-refractivity contribution >= 4 is 29.6 Å². The van der Waals surface area contributed by atoms with Gasteiger partial charge < -0.3 is 5.32 Å². The van der Waals surface area contributed by atoms with Gasteiger partial charge in [-0.3, -0.25) is 14.9 Å². The second kappa shape index (κ2) is 8.97. The van der Waals surface area contributed by atoms with Gasteiger partial charge in [0.15, 0.2) is 0 Å². The zero-order valence-corrected chi connectivity index (χ0v) is 13.7. The Balaban J connectivity index is 1.79. The van der Waals surface area contributed by atoms with Crippen LogP contribution in [0.1, 0.15) is 11.1 Å². The fourth-order valence-electron chi connectivity index (χ4n) is 2.03. The molecule has 0 heterocycles. The van der Waals surface area contributed by atoms with Crippen LogP contribution in [0.5, 0.6) is 0 Å². The van der Waals surface area contributed by atoms with E-state index in [1.54, 1.807) is 24.3 Å². The lowest BCUT2D eigenvalue weighted by molar-refractivity contribution is -0.384. The van der Waals surface area contributed by atoms with E-state index >= 15 is 0 Å². The number of para-hydroxylation sites is 1. The minimum absolute atomic E-state index is 0.0228. The molecule has 0 unspecified atom stereocenters. The summed E-state index contributed by atoms with van der Waals surface area (Å²) in [6.45, 7) is 2.06. The molecule has 2 aromatic carbocycles. The molecule has 7 heteroatoms. The maximum absolute atomic E-state index is 11.7. The van der Waals surface area contributed by atoms with E-state index in [-0.39, 0.29) is 18.1 Å². The number of nitro groups is 1. The Morgan fingerprint density at radius 2 is 2.04 bits per heavy atom. The maximum Gasteiger partial charge on any atom is 0.270 e. The highest BCUT2D eigenvalue weighted by molar-refractivity contribution is 5.83. The molecular weight excluding hydrogens is 320 g/mol. The molecule has 2 N–H and O–H groups in total. The van der Waals surface area contributed by atoms with Crippen molar-refractivity contribution < 1.29 is 9.72 Å². The Hall–Kier alpha value is -3.48. The van der Waals surface area contributed by atoms with E-state index in [1.165, 1.54) is 18.3 Å². The molecule has 0 radical (unpaired) electrons. The molecule has 0 spiro atoms. The number of benzene rings is 2. The number of hydrogen-bond donors (Lipinski definition) is 2. The summed E-state index contributed by atoms with van der Waals surface area (Å²) in [7, 11) is 0. The van der Waals surface area contributed by atoms with Crippen LogP contribution in [0, 0.1) is 17.0 Å². The minimum Gasteiger partial charge on any atom is -0.376 e. The van der Waals surface area contributed by atoms with Crippen molar-refractivity contribution in [3.05, 3.63) is 75.8 Å². The van der Waals surface area contributed by atoms with Crippen LogP contribution in [0.2, 0.25) is 0 Å². The molecule has 7 nitrogen and oxygen atoms in total. The van der Waals surface area contributed by atoms with Crippen molar-refractivity contribution in [1.29, 1.82) is 0 Å². The van der Waals surface area contributed by atoms with Crippen LogP contribution in [0.3, 0.4) is 0 Å². The van der Waals surface area contributed by atoms with E-state index in [0.29, 0.717) is 5.56 Å². The summed E-state index contributed by atoms with van der Waals surface area (Å²) in [5, 5.41) is 17.5. The third-order valence-corrected chi connectivity index (χ3v) is 3.30. The third kappa shape index (κ3) is 5.91. The number of nitro benzene ring substituents is 1. The molecule has 0 atom stereocenters. The highest BCUT2D eigenvalue weighted by Gasteiger charge is 2.03. The summed E-state index contributed by atoms with van der Waals surface area (Å²) in [6.07, 6.45) is 4.66. The van der Waals surface area contributed by atoms with Gasteiger partial charge in [0.25, 0.3) is 11.6 Å². The van der Waals surface area contributed by atoms with Crippen molar-refractivity contribution in [2.45, 2.75) is 6.92 Å². The topological polar surface area (TPSA) is 96.6 Å². The van der Waals surface area contributed by atoms with Gasteiger partial charge in [-0.05, 0) is 30.2 Å². The van der Waals surface area contributed by atoms with E-state index in [9.17, 15) is 14.9 Å². The molecule has 25 heavy (non-hydrogen) atoms. The van der Waals surface area contributed by atoms with Crippen LogP contribution in [0.25, 0.3) is 6.08 Å². The van der Waals surface area contributed by atoms with Crippen molar-refractivity contribution in [3.63, 3.8) is 0 Å². The first-order valence-corrected chi connectivity index (χ1v) is 7.59. The molecule has 0 saturated heterocycles. The van der Waals surface area contributed by atoms with E-state index in [2.05, 4.69) is 15.8 Å². The SMILES string of the molecule is Cc1ccccc1NCC(=O)NN=CC=Cc1cccc([N+](=O)[O-])c1. The molecule has 2 rings (SSSR count). The number of allylic oxidation sites excluding steroid dienone is 1. The van der Waals surface area contributed by atoms with Gasteiger partial charge in [0, 0.05) is 24.0 Å². The summed E-state index contributed by atoms with van der Waals surface area (Å²) >= 11 is 0. The van der Waals surface area contributed by atoms with Crippen LogP contribution in [0.15, 0.2) is 59.7 Å². The highest BCUT2D eigenvalue weighted by Crippen LogP contribution is 2.14. The zero-order valence-electron chi connectivity index (χ0n) is 13.7. The fraction of sp³-hybridized carbons (Fsp3) is 0.111. The number of amides is 1. The quantitative estimate of drug-likeness (QED) is 0.460. The second-order valence-corrected chi connectivity index (χ2v) is 5.19. The molecule has 0 aliphatic carbocycles. The Bertz CT molecular complexity index is 815. The normalized spacial score (nSPS) is 10.9. The summed E-state index contributed by atoms with van der Waals surface area (Å²) < 4.78 is 0. The van der Waals surface area contributed by atoms with Crippen LogP contribution in [-0.4, -0.2) is 23.6 Å². The van der Waals surface area contributed by atoms with E-state index in [0.717, 1.165) is 11.3 Å². The number of anilines is 1. The van der Waals surface area contributed by atoms with E-state index in [1.807, 2.05) is 31.2 Å². The van der Waals surface area contributed by atoms with Crippen LogP contribution in [0.4, 0.5) is 11.4 Å². The first-order chi connectivity index (χ1) is 12.1. The average molecular weight is 338 g/mol. The van der Waals surface area contributed by atoms with Gasteiger partial charge in [0.1, 0.15) is 0 Å². The summed E-state index contributed by atoms with van der Waals surface area (Å²) in [5.74, 6) is -0.275. The monoisotopic (exact) mass is 338 g/mol. The van der Waals surface area contributed by atoms with Gasteiger partial charge in [-0.2, -0.15) is 5.10 Å². The number of carbonyl (C=O) groups is 1. The first-order valence-electron chi connectivity index (χ1n) is 7.59. The van der Waals surface area contributed by atoms with Crippen molar-refractivity contribution in [2.75, 3.05) is 11.9 Å². The van der Waals surface area contributed by atoms with Crippen molar-refractivity contribution in [3.8, 4) is 0 Å². The number of aryl methyl sites for hydroxylation is 1. The molecule has 0 fully saturated rings. The lowest BCUT2D eigenvalue weighted by Crippen LogP contribution is -2.25. The molecule has 2 aromatic rings. The first kappa shape index (κ1) is 17.9. The zero-order chi connectivity index (χ0) is 18.1. The lowest BCUT2D eigenvalue weighted by atomic mass is 10.2. The number of rotatable bonds is 7.